The van der Waals surface area contributed by atoms with Gasteiger partial charge in [0, 0.05) is 18.0 Å². The van der Waals surface area contributed by atoms with Crippen molar-refractivity contribution in [3.63, 3.8) is 0 Å². The van der Waals surface area contributed by atoms with Gasteiger partial charge in [0.15, 0.2) is 11.5 Å². The maximum absolute atomic E-state index is 12.7. The number of hydrogen-bond acceptors (Lipinski definition) is 6. The van der Waals surface area contributed by atoms with Gasteiger partial charge in [0.05, 0.1) is 26.2 Å². The van der Waals surface area contributed by atoms with Gasteiger partial charge in [-0.15, -0.1) is 11.3 Å². The molecule has 0 atom stereocenters. The van der Waals surface area contributed by atoms with E-state index in [1.54, 1.807) is 25.6 Å². The minimum Gasteiger partial charge on any atom is -0.493 e. The van der Waals surface area contributed by atoms with E-state index in [0.717, 1.165) is 66.3 Å². The Morgan fingerprint density at radius 3 is 2.71 bits per heavy atom. The number of thiophene rings is 1. The monoisotopic (exact) mass is 397 g/mol. The van der Waals surface area contributed by atoms with Crippen LogP contribution in [0.3, 0.4) is 0 Å². The molecule has 0 amide bonds. The lowest BCUT2D eigenvalue weighted by Gasteiger charge is -2.29. The van der Waals surface area contributed by atoms with Crippen molar-refractivity contribution in [1.82, 2.24) is 14.9 Å². The van der Waals surface area contributed by atoms with Gasteiger partial charge in [0.1, 0.15) is 10.7 Å². The SMILES string of the molecule is COc1cc2c(cc1OC)CN(Cc1nc3sc4c(c3c(=O)[nH]1)CCC4)CC2. The normalized spacial score (nSPS) is 16.2. The van der Waals surface area contributed by atoms with Crippen molar-refractivity contribution in [2.45, 2.75) is 38.8 Å². The summed E-state index contributed by atoms with van der Waals surface area (Å²) in [7, 11) is 3.32. The number of aromatic nitrogens is 2. The quantitative estimate of drug-likeness (QED) is 0.733. The summed E-state index contributed by atoms with van der Waals surface area (Å²) in [5, 5.41) is 0.821. The van der Waals surface area contributed by atoms with Crippen LogP contribution in [0.2, 0.25) is 0 Å². The van der Waals surface area contributed by atoms with Crippen LogP contribution in [0.15, 0.2) is 16.9 Å². The molecule has 1 aromatic carbocycles. The van der Waals surface area contributed by atoms with Crippen LogP contribution in [0.25, 0.3) is 10.2 Å². The molecular formula is C21H23N3O3S. The van der Waals surface area contributed by atoms with Gasteiger partial charge in [-0.3, -0.25) is 9.69 Å². The zero-order valence-electron chi connectivity index (χ0n) is 16.1. The topological polar surface area (TPSA) is 67.5 Å². The Labute approximate surface area is 167 Å². The first kappa shape index (κ1) is 17.7. The van der Waals surface area contributed by atoms with E-state index < -0.39 is 0 Å². The number of rotatable bonds is 4. The maximum Gasteiger partial charge on any atom is 0.259 e. The predicted octanol–water partition coefficient (Wildman–Crippen LogP) is 3.05. The van der Waals surface area contributed by atoms with Crippen LogP contribution in [0, 0.1) is 0 Å². The highest BCUT2D eigenvalue weighted by atomic mass is 32.1. The van der Waals surface area contributed by atoms with Crippen LogP contribution in [0.1, 0.15) is 33.8 Å². The summed E-state index contributed by atoms with van der Waals surface area (Å²) in [4.78, 5) is 25.1. The van der Waals surface area contributed by atoms with Crippen LogP contribution >= 0.6 is 11.3 Å². The second kappa shape index (κ2) is 6.90. The number of aryl methyl sites for hydroxylation is 2. The highest BCUT2D eigenvalue weighted by Gasteiger charge is 2.23. The summed E-state index contributed by atoms with van der Waals surface area (Å²) in [6.07, 6.45) is 4.18. The number of nitrogens with zero attached hydrogens (tertiary/aromatic N) is 2. The van der Waals surface area contributed by atoms with Crippen molar-refractivity contribution in [3.8, 4) is 11.5 Å². The van der Waals surface area contributed by atoms with E-state index in [9.17, 15) is 4.79 Å². The van der Waals surface area contributed by atoms with Crippen molar-refractivity contribution in [2.75, 3.05) is 20.8 Å². The largest absolute Gasteiger partial charge is 0.493 e. The van der Waals surface area contributed by atoms with Gasteiger partial charge in [-0.05, 0) is 54.5 Å². The van der Waals surface area contributed by atoms with Gasteiger partial charge in [0.2, 0.25) is 0 Å². The number of methoxy groups -OCH3 is 2. The Balaban J connectivity index is 1.41. The molecule has 0 saturated carbocycles. The van der Waals surface area contributed by atoms with E-state index in [2.05, 4.69) is 22.0 Å². The van der Waals surface area contributed by atoms with Crippen LogP contribution < -0.4 is 15.0 Å². The molecule has 0 unspecified atom stereocenters. The number of ether oxygens (including phenoxy) is 2. The fraction of sp³-hybridized carbons (Fsp3) is 0.429. The predicted molar refractivity (Wildman–Crippen MR) is 110 cm³/mol. The second-order valence-corrected chi connectivity index (χ2v) is 8.57. The average molecular weight is 398 g/mol. The third kappa shape index (κ3) is 2.89. The first-order chi connectivity index (χ1) is 13.7. The number of aromatic amines is 1. The molecule has 0 spiro atoms. The average Bonchev–Trinajstić information content (AvgIpc) is 3.27. The van der Waals surface area contributed by atoms with Gasteiger partial charge >= 0.3 is 0 Å². The molecule has 3 heterocycles. The molecule has 5 rings (SSSR count). The van der Waals surface area contributed by atoms with Crippen molar-refractivity contribution in [3.05, 3.63) is 49.9 Å². The molecule has 6 nitrogen and oxygen atoms in total. The number of fused-ring (bicyclic) bond motifs is 4. The van der Waals surface area contributed by atoms with Gasteiger partial charge < -0.3 is 14.5 Å². The van der Waals surface area contributed by atoms with Gasteiger partial charge in [-0.25, -0.2) is 4.98 Å². The molecule has 1 aliphatic heterocycles. The summed E-state index contributed by atoms with van der Waals surface area (Å²) >= 11 is 1.69. The van der Waals surface area contributed by atoms with Crippen LogP contribution in [-0.2, 0) is 32.4 Å². The van der Waals surface area contributed by atoms with E-state index in [1.807, 2.05) is 0 Å². The molecule has 28 heavy (non-hydrogen) atoms. The summed E-state index contributed by atoms with van der Waals surface area (Å²) in [5.41, 5.74) is 3.78. The summed E-state index contributed by atoms with van der Waals surface area (Å²) < 4.78 is 10.9. The van der Waals surface area contributed by atoms with Gasteiger partial charge in [-0.2, -0.15) is 0 Å². The zero-order chi connectivity index (χ0) is 19.3. The van der Waals surface area contributed by atoms with E-state index in [-0.39, 0.29) is 5.56 Å². The number of hydrogen-bond donors (Lipinski definition) is 1. The van der Waals surface area contributed by atoms with E-state index in [0.29, 0.717) is 6.54 Å². The molecule has 1 N–H and O–H groups in total. The maximum atomic E-state index is 12.7. The minimum atomic E-state index is 0.0169. The molecule has 0 bridgehead atoms. The molecule has 0 fully saturated rings. The molecular weight excluding hydrogens is 374 g/mol. The Morgan fingerprint density at radius 2 is 1.93 bits per heavy atom. The number of nitrogens with one attached hydrogen (secondary N) is 1. The summed E-state index contributed by atoms with van der Waals surface area (Å²) in [6.45, 7) is 2.37. The summed E-state index contributed by atoms with van der Waals surface area (Å²) in [5.74, 6) is 2.28. The van der Waals surface area contributed by atoms with Crippen molar-refractivity contribution in [1.29, 1.82) is 0 Å². The fourth-order valence-electron chi connectivity index (χ4n) is 4.41. The van der Waals surface area contributed by atoms with Crippen molar-refractivity contribution >= 4 is 21.6 Å². The van der Waals surface area contributed by atoms with Crippen molar-refractivity contribution < 1.29 is 9.47 Å². The van der Waals surface area contributed by atoms with E-state index >= 15 is 0 Å². The third-order valence-corrected chi connectivity index (χ3v) is 6.98. The second-order valence-electron chi connectivity index (χ2n) is 7.49. The number of H-pyrrole nitrogens is 1. The van der Waals surface area contributed by atoms with Gasteiger partial charge in [-0.1, -0.05) is 0 Å². The molecule has 3 aromatic rings. The Bertz CT molecular complexity index is 1120. The highest BCUT2D eigenvalue weighted by molar-refractivity contribution is 7.18. The minimum absolute atomic E-state index is 0.0169. The van der Waals surface area contributed by atoms with Crippen LogP contribution in [-0.4, -0.2) is 35.6 Å². The Morgan fingerprint density at radius 1 is 1.14 bits per heavy atom. The lowest BCUT2D eigenvalue weighted by molar-refractivity contribution is 0.238. The molecule has 2 aromatic heterocycles. The van der Waals surface area contributed by atoms with E-state index in [4.69, 9.17) is 14.5 Å². The summed E-state index contributed by atoms with van der Waals surface area (Å²) in [6, 6.07) is 4.13. The highest BCUT2D eigenvalue weighted by Crippen LogP contribution is 2.35. The third-order valence-electron chi connectivity index (χ3n) is 5.79. The molecule has 2 aliphatic rings. The number of benzene rings is 1. The molecule has 1 aliphatic carbocycles. The first-order valence-corrected chi connectivity index (χ1v) is 10.5. The zero-order valence-corrected chi connectivity index (χ0v) is 16.9. The van der Waals surface area contributed by atoms with Crippen molar-refractivity contribution in [2.24, 2.45) is 0 Å². The lowest BCUT2D eigenvalue weighted by Crippen LogP contribution is -2.31. The molecule has 146 valence electrons. The Kier molecular flexibility index (Phi) is 4.36. The molecule has 7 heteroatoms. The van der Waals surface area contributed by atoms with E-state index in [1.165, 1.54) is 21.6 Å². The fourth-order valence-corrected chi connectivity index (χ4v) is 5.69. The van der Waals surface area contributed by atoms with Gasteiger partial charge in [0.25, 0.3) is 5.56 Å². The Hall–Kier alpha value is -2.38. The standard InChI is InChI=1S/C21H23N3O3S/c1-26-15-8-12-6-7-24(10-13(12)9-16(15)27-2)11-18-22-20(25)19-14-4-3-5-17(14)28-21(19)23-18/h8-9H,3-7,10-11H2,1-2H3,(H,22,23,25). The first-order valence-electron chi connectivity index (χ1n) is 9.66. The molecule has 0 saturated heterocycles. The smallest absolute Gasteiger partial charge is 0.259 e. The lowest BCUT2D eigenvalue weighted by atomic mass is 9.99. The van der Waals surface area contributed by atoms with Crippen LogP contribution in [0.4, 0.5) is 0 Å². The molecule has 0 radical (unpaired) electrons. The van der Waals surface area contributed by atoms with Crippen LogP contribution in [0.5, 0.6) is 11.5 Å².